The van der Waals surface area contributed by atoms with Gasteiger partial charge in [-0.25, -0.2) is 18.1 Å². The first kappa shape index (κ1) is 13.5. The number of hydrogen-bond acceptors (Lipinski definition) is 5. The van der Waals surface area contributed by atoms with E-state index in [4.69, 9.17) is 5.73 Å². The standard InChI is InChI=1S/C11H15N5O2S/c1-8-4-3-5-9(12)11(8)19(17,18)14-6-10-13-7-16(2)15-10/h3-5,7,14H,6,12H2,1-2H3. The molecular weight excluding hydrogens is 266 g/mol. The minimum atomic E-state index is -3.67. The molecule has 0 bridgehead atoms. The molecule has 0 aliphatic carbocycles. The third kappa shape index (κ3) is 2.91. The van der Waals surface area contributed by atoms with Gasteiger partial charge in [-0.1, -0.05) is 12.1 Å². The average molecular weight is 281 g/mol. The van der Waals surface area contributed by atoms with E-state index in [9.17, 15) is 8.42 Å². The van der Waals surface area contributed by atoms with Crippen molar-refractivity contribution in [3.63, 3.8) is 0 Å². The Morgan fingerprint density at radius 2 is 2.16 bits per heavy atom. The lowest BCUT2D eigenvalue weighted by molar-refractivity contribution is 0.578. The highest BCUT2D eigenvalue weighted by molar-refractivity contribution is 7.89. The van der Waals surface area contributed by atoms with Crippen LogP contribution >= 0.6 is 0 Å². The number of benzene rings is 1. The van der Waals surface area contributed by atoms with Crippen LogP contribution in [0.25, 0.3) is 0 Å². The van der Waals surface area contributed by atoms with Gasteiger partial charge in [0.2, 0.25) is 10.0 Å². The maximum Gasteiger partial charge on any atom is 0.243 e. The molecule has 1 heterocycles. The number of hydrogen-bond donors (Lipinski definition) is 2. The Kier molecular flexibility index (Phi) is 3.54. The van der Waals surface area contributed by atoms with Crippen LogP contribution in [-0.2, 0) is 23.6 Å². The molecule has 7 nitrogen and oxygen atoms in total. The third-order valence-electron chi connectivity index (χ3n) is 2.58. The van der Waals surface area contributed by atoms with Crippen molar-refractivity contribution >= 4 is 15.7 Å². The molecule has 1 aromatic carbocycles. The van der Waals surface area contributed by atoms with Crippen LogP contribution in [0.2, 0.25) is 0 Å². The Labute approximate surface area is 111 Å². The second-order valence-electron chi connectivity index (χ2n) is 4.15. The summed E-state index contributed by atoms with van der Waals surface area (Å²) in [5.41, 5.74) is 6.55. The summed E-state index contributed by atoms with van der Waals surface area (Å²) in [6.45, 7) is 1.72. The van der Waals surface area contributed by atoms with Crippen molar-refractivity contribution in [1.29, 1.82) is 0 Å². The van der Waals surface area contributed by atoms with E-state index < -0.39 is 10.0 Å². The van der Waals surface area contributed by atoms with Gasteiger partial charge in [-0.15, -0.1) is 0 Å². The molecule has 0 aliphatic rings. The zero-order valence-corrected chi connectivity index (χ0v) is 11.5. The van der Waals surface area contributed by atoms with Gasteiger partial charge >= 0.3 is 0 Å². The maximum atomic E-state index is 12.2. The number of rotatable bonds is 4. The zero-order chi connectivity index (χ0) is 14.0. The van der Waals surface area contributed by atoms with Gasteiger partial charge < -0.3 is 5.73 Å². The Bertz CT molecular complexity index is 673. The largest absolute Gasteiger partial charge is 0.398 e. The molecule has 2 rings (SSSR count). The van der Waals surface area contributed by atoms with Gasteiger partial charge in [0.05, 0.1) is 12.2 Å². The van der Waals surface area contributed by atoms with Crippen molar-refractivity contribution < 1.29 is 8.42 Å². The Balaban J connectivity index is 2.23. The summed E-state index contributed by atoms with van der Waals surface area (Å²) in [5, 5.41) is 4.00. The summed E-state index contributed by atoms with van der Waals surface area (Å²) >= 11 is 0. The van der Waals surface area contributed by atoms with Crippen molar-refractivity contribution in [1.82, 2.24) is 19.5 Å². The van der Waals surface area contributed by atoms with Gasteiger partial charge in [0.1, 0.15) is 11.2 Å². The van der Waals surface area contributed by atoms with E-state index in [1.165, 1.54) is 11.0 Å². The fourth-order valence-corrected chi connectivity index (χ4v) is 3.07. The van der Waals surface area contributed by atoms with E-state index >= 15 is 0 Å². The van der Waals surface area contributed by atoms with Crippen LogP contribution < -0.4 is 10.5 Å². The van der Waals surface area contributed by atoms with Gasteiger partial charge in [0.25, 0.3) is 0 Å². The molecule has 8 heteroatoms. The van der Waals surface area contributed by atoms with Crippen LogP contribution in [0.3, 0.4) is 0 Å². The summed E-state index contributed by atoms with van der Waals surface area (Å²) in [7, 11) is -1.96. The lowest BCUT2D eigenvalue weighted by Gasteiger charge is -2.10. The highest BCUT2D eigenvalue weighted by Gasteiger charge is 2.20. The van der Waals surface area contributed by atoms with Crippen molar-refractivity contribution in [2.24, 2.45) is 7.05 Å². The summed E-state index contributed by atoms with van der Waals surface area (Å²) in [5.74, 6) is 0.401. The molecule has 102 valence electrons. The van der Waals surface area contributed by atoms with Crippen LogP contribution in [0, 0.1) is 6.92 Å². The molecule has 0 spiro atoms. The molecule has 0 saturated heterocycles. The first-order chi connectivity index (χ1) is 8.90. The van der Waals surface area contributed by atoms with E-state index in [1.54, 1.807) is 32.2 Å². The number of nitrogens with two attached hydrogens (primary N) is 1. The number of nitrogen functional groups attached to an aromatic ring is 1. The van der Waals surface area contributed by atoms with Crippen molar-refractivity contribution in [3.05, 3.63) is 35.9 Å². The second-order valence-corrected chi connectivity index (χ2v) is 5.86. The van der Waals surface area contributed by atoms with E-state index in [0.717, 1.165) is 0 Å². The number of aryl methyl sites for hydroxylation is 2. The van der Waals surface area contributed by atoms with Gasteiger partial charge in [0, 0.05) is 7.05 Å². The highest BCUT2D eigenvalue weighted by atomic mass is 32.2. The van der Waals surface area contributed by atoms with Crippen molar-refractivity contribution in [3.8, 4) is 0 Å². The van der Waals surface area contributed by atoms with Gasteiger partial charge in [-0.3, -0.25) is 4.68 Å². The lowest BCUT2D eigenvalue weighted by atomic mass is 10.2. The Morgan fingerprint density at radius 1 is 1.42 bits per heavy atom. The lowest BCUT2D eigenvalue weighted by Crippen LogP contribution is -2.25. The normalized spacial score (nSPS) is 11.7. The quantitative estimate of drug-likeness (QED) is 0.778. The van der Waals surface area contributed by atoms with E-state index in [-0.39, 0.29) is 17.1 Å². The van der Waals surface area contributed by atoms with Gasteiger partial charge in [-0.05, 0) is 18.6 Å². The first-order valence-corrected chi connectivity index (χ1v) is 7.08. The average Bonchev–Trinajstić information content (AvgIpc) is 2.72. The van der Waals surface area contributed by atoms with Gasteiger partial charge in [0.15, 0.2) is 5.82 Å². The fraction of sp³-hybridized carbons (Fsp3) is 0.273. The van der Waals surface area contributed by atoms with E-state index in [1.807, 2.05) is 0 Å². The second kappa shape index (κ2) is 4.98. The molecule has 19 heavy (non-hydrogen) atoms. The summed E-state index contributed by atoms with van der Waals surface area (Å²) in [6, 6.07) is 4.97. The number of anilines is 1. The van der Waals surface area contributed by atoms with E-state index in [0.29, 0.717) is 11.4 Å². The molecule has 2 aromatic rings. The molecule has 0 atom stereocenters. The molecular formula is C11H15N5O2S. The van der Waals surface area contributed by atoms with Crippen LogP contribution in [0.1, 0.15) is 11.4 Å². The van der Waals surface area contributed by atoms with Crippen molar-refractivity contribution in [2.45, 2.75) is 18.4 Å². The number of sulfonamides is 1. The zero-order valence-electron chi connectivity index (χ0n) is 10.7. The third-order valence-corrected chi connectivity index (χ3v) is 4.20. The molecule has 0 radical (unpaired) electrons. The highest BCUT2D eigenvalue weighted by Crippen LogP contribution is 2.21. The minimum absolute atomic E-state index is 0.0247. The Hall–Kier alpha value is -1.93. The number of aromatic nitrogens is 3. The summed E-state index contributed by atoms with van der Waals surface area (Å²) in [4.78, 5) is 4.05. The predicted octanol–water partition coefficient (Wildman–Crippen LogP) is 0.184. The number of nitrogens with one attached hydrogen (secondary N) is 1. The van der Waals surface area contributed by atoms with Crippen LogP contribution in [0.5, 0.6) is 0 Å². The van der Waals surface area contributed by atoms with E-state index in [2.05, 4.69) is 14.8 Å². The summed E-state index contributed by atoms with van der Waals surface area (Å²) < 4.78 is 28.3. The first-order valence-electron chi connectivity index (χ1n) is 5.59. The smallest absolute Gasteiger partial charge is 0.243 e. The number of nitrogens with zero attached hydrogens (tertiary/aromatic N) is 3. The van der Waals surface area contributed by atoms with Crippen LogP contribution in [0.15, 0.2) is 29.4 Å². The molecule has 1 aromatic heterocycles. The monoisotopic (exact) mass is 281 g/mol. The predicted molar refractivity (Wildman–Crippen MR) is 70.6 cm³/mol. The Morgan fingerprint density at radius 3 is 2.74 bits per heavy atom. The molecule has 0 fully saturated rings. The van der Waals surface area contributed by atoms with Crippen LogP contribution in [-0.4, -0.2) is 23.2 Å². The SMILES string of the molecule is Cc1cccc(N)c1S(=O)(=O)NCc1ncn(C)n1. The molecule has 0 unspecified atom stereocenters. The van der Waals surface area contributed by atoms with Crippen LogP contribution in [0.4, 0.5) is 5.69 Å². The molecule has 0 aliphatic heterocycles. The topological polar surface area (TPSA) is 103 Å². The maximum absolute atomic E-state index is 12.2. The molecule has 3 N–H and O–H groups in total. The summed E-state index contributed by atoms with van der Waals surface area (Å²) in [6.07, 6.45) is 1.51. The molecule has 0 amide bonds. The van der Waals surface area contributed by atoms with Gasteiger partial charge in [-0.2, -0.15) is 5.10 Å². The van der Waals surface area contributed by atoms with Crippen molar-refractivity contribution in [2.75, 3.05) is 5.73 Å². The fourth-order valence-electron chi connectivity index (χ4n) is 1.74. The minimum Gasteiger partial charge on any atom is -0.398 e. The molecule has 0 saturated carbocycles.